The van der Waals surface area contributed by atoms with Gasteiger partial charge in [0, 0.05) is 48.7 Å². The monoisotopic (exact) mass is 538 g/mol. The van der Waals surface area contributed by atoms with Crippen molar-refractivity contribution in [1.29, 1.82) is 0 Å². The molecule has 0 radical (unpaired) electrons. The number of anilines is 2. The number of benzene rings is 3. The number of piperidine rings is 1. The molecule has 1 saturated carbocycles. The van der Waals surface area contributed by atoms with Gasteiger partial charge in [-0.15, -0.1) is 0 Å². The third kappa shape index (κ3) is 6.75. The zero-order valence-corrected chi connectivity index (χ0v) is 22.6. The van der Waals surface area contributed by atoms with Crippen LogP contribution in [0.4, 0.5) is 11.4 Å². The molecule has 1 heterocycles. The Hall–Kier alpha value is -4.46. The van der Waals surface area contributed by atoms with Crippen LogP contribution in [0.1, 0.15) is 52.0 Å². The van der Waals surface area contributed by atoms with Gasteiger partial charge >= 0.3 is 0 Å². The second-order valence-corrected chi connectivity index (χ2v) is 10.6. The van der Waals surface area contributed by atoms with E-state index in [1.807, 2.05) is 37.4 Å². The Labute approximate surface area is 234 Å². The summed E-state index contributed by atoms with van der Waals surface area (Å²) in [5, 5.41) is 5.83. The Kier molecular flexibility index (Phi) is 8.24. The molecule has 1 aliphatic carbocycles. The van der Waals surface area contributed by atoms with Crippen LogP contribution in [0.5, 0.6) is 0 Å². The molecule has 2 N–H and O–H groups in total. The third-order valence-corrected chi connectivity index (χ3v) is 7.49. The lowest BCUT2D eigenvalue weighted by molar-refractivity contribution is -0.121. The summed E-state index contributed by atoms with van der Waals surface area (Å²) in [6.07, 6.45) is 3.74. The normalized spacial score (nSPS) is 16.6. The average Bonchev–Trinajstić information content (AvgIpc) is 3.83. The molecule has 1 saturated heterocycles. The van der Waals surface area contributed by atoms with Gasteiger partial charge in [-0.3, -0.25) is 19.2 Å². The summed E-state index contributed by atoms with van der Waals surface area (Å²) >= 11 is 0. The summed E-state index contributed by atoms with van der Waals surface area (Å²) in [6, 6.07) is 23.6. The van der Waals surface area contributed by atoms with Crippen LogP contribution in [0, 0.1) is 5.92 Å². The number of nitrogens with one attached hydrogen (secondary N) is 2. The number of rotatable bonds is 8. The molecule has 1 atom stereocenters. The number of hydrogen-bond acceptors (Lipinski definition) is 4. The van der Waals surface area contributed by atoms with Crippen LogP contribution in [0.15, 0.2) is 78.9 Å². The van der Waals surface area contributed by atoms with Gasteiger partial charge in [0.2, 0.25) is 11.8 Å². The fraction of sp³-hybridized carbons (Fsp3) is 0.312. The summed E-state index contributed by atoms with van der Waals surface area (Å²) in [5.74, 6) is -0.677. The molecule has 0 aromatic heterocycles. The van der Waals surface area contributed by atoms with E-state index < -0.39 is 0 Å². The first-order valence-corrected chi connectivity index (χ1v) is 13.8. The number of hydrogen-bond donors (Lipinski definition) is 2. The maximum Gasteiger partial charge on any atom is 0.253 e. The minimum atomic E-state index is -0.279. The van der Waals surface area contributed by atoms with Gasteiger partial charge in [-0.1, -0.05) is 36.4 Å². The fourth-order valence-electron chi connectivity index (χ4n) is 5.04. The Morgan fingerprint density at radius 1 is 0.825 bits per heavy atom. The second kappa shape index (κ2) is 12.2. The minimum Gasteiger partial charge on any atom is -0.339 e. The number of nitrogens with zero attached hydrogens (tertiary/aromatic N) is 2. The van der Waals surface area contributed by atoms with Gasteiger partial charge in [0.25, 0.3) is 11.8 Å². The van der Waals surface area contributed by atoms with E-state index in [4.69, 9.17) is 0 Å². The van der Waals surface area contributed by atoms with Crippen molar-refractivity contribution in [2.24, 2.45) is 5.92 Å². The second-order valence-electron chi connectivity index (χ2n) is 10.6. The van der Waals surface area contributed by atoms with Crippen molar-refractivity contribution in [3.63, 3.8) is 0 Å². The first kappa shape index (κ1) is 27.1. The summed E-state index contributed by atoms with van der Waals surface area (Å²) < 4.78 is 0. The van der Waals surface area contributed by atoms with E-state index in [9.17, 15) is 19.2 Å². The van der Waals surface area contributed by atoms with Crippen LogP contribution in [0.3, 0.4) is 0 Å². The van der Waals surface area contributed by atoms with Crippen LogP contribution < -0.4 is 10.6 Å². The van der Waals surface area contributed by atoms with Crippen molar-refractivity contribution in [3.8, 4) is 0 Å². The maximum atomic E-state index is 13.0. The topological polar surface area (TPSA) is 98.8 Å². The van der Waals surface area contributed by atoms with Crippen molar-refractivity contribution in [2.75, 3.05) is 30.8 Å². The van der Waals surface area contributed by atoms with E-state index in [0.717, 1.165) is 31.2 Å². The molecular weight excluding hydrogens is 504 g/mol. The molecule has 1 aliphatic heterocycles. The quantitative estimate of drug-likeness (QED) is 0.438. The van der Waals surface area contributed by atoms with Crippen LogP contribution in [0.25, 0.3) is 0 Å². The number of amides is 4. The van der Waals surface area contributed by atoms with Crippen LogP contribution in [0.2, 0.25) is 0 Å². The van der Waals surface area contributed by atoms with Crippen molar-refractivity contribution in [3.05, 3.63) is 95.6 Å². The molecule has 2 fully saturated rings. The smallest absolute Gasteiger partial charge is 0.253 e. The Balaban J connectivity index is 1.12. The highest BCUT2D eigenvalue weighted by Gasteiger charge is 2.30. The Morgan fingerprint density at radius 3 is 2.27 bits per heavy atom. The molecule has 8 heteroatoms. The highest BCUT2D eigenvalue weighted by atomic mass is 16.2. The molecule has 4 amide bonds. The standard InChI is InChI=1S/C32H34N4O4/c1-35(28-16-17-28)31(39)24-9-5-11-27(20-24)33-29(37)19-22-12-14-26(15-13-22)34-30(38)25-10-6-18-36(21-25)32(40)23-7-3-2-4-8-23/h2-5,7-9,11-15,20,25,28H,6,10,16-19,21H2,1H3,(H,33,37)(H,34,38). The van der Waals surface area contributed by atoms with E-state index >= 15 is 0 Å². The number of carbonyl (C=O) groups excluding carboxylic acids is 4. The predicted molar refractivity (Wildman–Crippen MR) is 154 cm³/mol. The number of likely N-dealkylation sites (tertiary alicyclic amines) is 1. The van der Waals surface area contributed by atoms with E-state index in [1.165, 1.54) is 0 Å². The van der Waals surface area contributed by atoms with Gasteiger partial charge in [-0.25, -0.2) is 0 Å². The summed E-state index contributed by atoms with van der Waals surface area (Å²) in [7, 11) is 1.81. The van der Waals surface area contributed by atoms with Gasteiger partial charge in [-0.05, 0) is 73.7 Å². The van der Waals surface area contributed by atoms with E-state index in [0.29, 0.717) is 41.6 Å². The van der Waals surface area contributed by atoms with Gasteiger partial charge in [0.1, 0.15) is 0 Å². The zero-order chi connectivity index (χ0) is 28.1. The highest BCUT2D eigenvalue weighted by Crippen LogP contribution is 2.27. The molecule has 0 bridgehead atoms. The van der Waals surface area contributed by atoms with Crippen molar-refractivity contribution in [2.45, 2.75) is 38.1 Å². The van der Waals surface area contributed by atoms with Crippen LogP contribution >= 0.6 is 0 Å². The largest absolute Gasteiger partial charge is 0.339 e. The van der Waals surface area contributed by atoms with E-state index in [-0.39, 0.29) is 36.0 Å². The first-order valence-electron chi connectivity index (χ1n) is 13.8. The minimum absolute atomic E-state index is 0.0417. The van der Waals surface area contributed by atoms with Gasteiger partial charge in [0.15, 0.2) is 0 Å². The molecule has 3 aromatic rings. The maximum absolute atomic E-state index is 13.0. The average molecular weight is 539 g/mol. The van der Waals surface area contributed by atoms with Gasteiger partial charge < -0.3 is 20.4 Å². The lowest BCUT2D eigenvalue weighted by Gasteiger charge is -2.32. The summed E-state index contributed by atoms with van der Waals surface area (Å²) in [4.78, 5) is 54.6. The SMILES string of the molecule is CN(C(=O)c1cccc(NC(=O)Cc2ccc(NC(=O)C3CCCN(C(=O)c4ccccc4)C3)cc2)c1)C1CC1. The van der Waals surface area contributed by atoms with Gasteiger partial charge in [0.05, 0.1) is 12.3 Å². The predicted octanol–water partition coefficient (Wildman–Crippen LogP) is 4.59. The Morgan fingerprint density at radius 2 is 1.55 bits per heavy atom. The molecule has 5 rings (SSSR count). The molecule has 0 spiro atoms. The van der Waals surface area contributed by atoms with Crippen molar-refractivity contribution < 1.29 is 19.2 Å². The lowest BCUT2D eigenvalue weighted by atomic mass is 9.96. The highest BCUT2D eigenvalue weighted by molar-refractivity contribution is 5.98. The molecule has 8 nitrogen and oxygen atoms in total. The van der Waals surface area contributed by atoms with Crippen molar-refractivity contribution in [1.82, 2.24) is 9.80 Å². The van der Waals surface area contributed by atoms with Crippen molar-refractivity contribution >= 4 is 35.0 Å². The zero-order valence-electron chi connectivity index (χ0n) is 22.6. The first-order chi connectivity index (χ1) is 19.4. The number of carbonyl (C=O) groups is 4. The summed E-state index contributed by atoms with van der Waals surface area (Å²) in [5.41, 5.74) is 3.21. The van der Waals surface area contributed by atoms with Gasteiger partial charge in [-0.2, -0.15) is 0 Å². The van der Waals surface area contributed by atoms with E-state index in [2.05, 4.69) is 10.6 Å². The van der Waals surface area contributed by atoms with E-state index in [1.54, 1.807) is 58.3 Å². The lowest BCUT2D eigenvalue weighted by Crippen LogP contribution is -2.43. The van der Waals surface area contributed by atoms with Crippen LogP contribution in [-0.4, -0.2) is 59.6 Å². The third-order valence-electron chi connectivity index (χ3n) is 7.49. The molecule has 40 heavy (non-hydrogen) atoms. The van der Waals surface area contributed by atoms with Crippen LogP contribution in [-0.2, 0) is 16.0 Å². The molecule has 206 valence electrons. The molecular formula is C32H34N4O4. The molecule has 3 aromatic carbocycles. The Bertz CT molecular complexity index is 1390. The molecule has 2 aliphatic rings. The summed E-state index contributed by atoms with van der Waals surface area (Å²) in [6.45, 7) is 1.04. The molecule has 1 unspecified atom stereocenters. The fourth-order valence-corrected chi connectivity index (χ4v) is 5.04.